The molecule has 136 valence electrons. The van der Waals surface area contributed by atoms with Crippen LogP contribution in [0.15, 0.2) is 24.5 Å². The molecule has 1 aliphatic rings. The number of aryl methyl sites for hydroxylation is 2. The monoisotopic (exact) mass is 354 g/mol. The van der Waals surface area contributed by atoms with Gasteiger partial charge in [0.1, 0.15) is 23.8 Å². The number of fused-ring (bicyclic) bond motifs is 1. The molecular formula is C17H22N8O. The van der Waals surface area contributed by atoms with Gasteiger partial charge in [-0.15, -0.1) is 14.8 Å². The number of anilines is 2. The van der Waals surface area contributed by atoms with Crippen molar-refractivity contribution in [1.29, 1.82) is 0 Å². The first-order valence-corrected chi connectivity index (χ1v) is 8.65. The third-order valence-electron chi connectivity index (χ3n) is 4.63. The molecule has 1 N–H and O–H groups in total. The van der Waals surface area contributed by atoms with Gasteiger partial charge in [-0.25, -0.2) is 15.0 Å². The topological polar surface area (TPSA) is 93.4 Å². The number of methoxy groups -OCH3 is 1. The van der Waals surface area contributed by atoms with Crippen molar-refractivity contribution in [1.82, 2.24) is 29.8 Å². The molecule has 0 unspecified atom stereocenters. The Balaban J connectivity index is 1.50. The van der Waals surface area contributed by atoms with E-state index < -0.39 is 0 Å². The zero-order chi connectivity index (χ0) is 18.1. The molecule has 0 saturated carbocycles. The van der Waals surface area contributed by atoms with Gasteiger partial charge in [-0.3, -0.25) is 0 Å². The van der Waals surface area contributed by atoms with Crippen molar-refractivity contribution in [3.8, 4) is 0 Å². The van der Waals surface area contributed by atoms with Crippen LogP contribution in [-0.4, -0.2) is 62.1 Å². The fourth-order valence-electron chi connectivity index (χ4n) is 3.32. The standard InChI is InChI=1S/C17H22N8O/c1-11-6-17(20-10-19-11)24-9-14(26-3)7-13(24)8-18-15-4-5-16-21-12(2)22-25(16)23-15/h4-6,10,13-14H,7-9H2,1-3H3,(H,18,23)/t13-,14-/m0/s1. The molecule has 1 saturated heterocycles. The van der Waals surface area contributed by atoms with E-state index in [9.17, 15) is 0 Å². The van der Waals surface area contributed by atoms with Crippen molar-refractivity contribution in [3.05, 3.63) is 36.0 Å². The number of nitrogens with zero attached hydrogens (tertiary/aromatic N) is 7. The fourth-order valence-corrected chi connectivity index (χ4v) is 3.32. The summed E-state index contributed by atoms with van der Waals surface area (Å²) in [6.45, 7) is 5.37. The summed E-state index contributed by atoms with van der Waals surface area (Å²) in [6, 6.07) is 6.09. The Kier molecular flexibility index (Phi) is 4.37. The second kappa shape index (κ2) is 6.83. The zero-order valence-corrected chi connectivity index (χ0v) is 15.1. The fraction of sp³-hybridized carbons (Fsp3) is 0.471. The summed E-state index contributed by atoms with van der Waals surface area (Å²) in [5, 5.41) is 12.1. The predicted molar refractivity (Wildman–Crippen MR) is 97.3 cm³/mol. The normalized spacial score (nSPS) is 20.0. The predicted octanol–water partition coefficient (Wildman–Crippen LogP) is 1.24. The van der Waals surface area contributed by atoms with Crippen LogP contribution >= 0.6 is 0 Å². The molecule has 4 rings (SSSR count). The maximum atomic E-state index is 5.58. The van der Waals surface area contributed by atoms with E-state index in [0.717, 1.165) is 42.5 Å². The molecular weight excluding hydrogens is 332 g/mol. The molecule has 3 aromatic rings. The Bertz CT molecular complexity index is 911. The molecule has 4 heterocycles. The molecule has 26 heavy (non-hydrogen) atoms. The Morgan fingerprint density at radius 2 is 2.12 bits per heavy atom. The van der Waals surface area contributed by atoms with Crippen LogP contribution in [0.1, 0.15) is 17.9 Å². The first kappa shape index (κ1) is 16.6. The van der Waals surface area contributed by atoms with Crippen molar-refractivity contribution in [2.24, 2.45) is 0 Å². The van der Waals surface area contributed by atoms with Crippen molar-refractivity contribution in [2.75, 3.05) is 30.4 Å². The van der Waals surface area contributed by atoms with E-state index in [4.69, 9.17) is 4.74 Å². The molecule has 0 radical (unpaired) electrons. The number of ether oxygens (including phenoxy) is 1. The van der Waals surface area contributed by atoms with Gasteiger partial charge in [-0.2, -0.15) is 0 Å². The third kappa shape index (κ3) is 3.30. The Morgan fingerprint density at radius 1 is 1.23 bits per heavy atom. The lowest BCUT2D eigenvalue weighted by Crippen LogP contribution is -2.36. The molecule has 9 heteroatoms. The largest absolute Gasteiger partial charge is 0.380 e. The van der Waals surface area contributed by atoms with Crippen LogP contribution in [0.3, 0.4) is 0 Å². The Hall–Kier alpha value is -2.81. The smallest absolute Gasteiger partial charge is 0.176 e. The van der Waals surface area contributed by atoms with Crippen molar-refractivity contribution < 1.29 is 4.74 Å². The first-order chi connectivity index (χ1) is 12.6. The lowest BCUT2D eigenvalue weighted by atomic mass is 10.2. The van der Waals surface area contributed by atoms with Crippen molar-refractivity contribution in [3.63, 3.8) is 0 Å². The molecule has 0 bridgehead atoms. The van der Waals surface area contributed by atoms with Crippen LogP contribution in [-0.2, 0) is 4.74 Å². The molecule has 0 aromatic carbocycles. The van der Waals surface area contributed by atoms with E-state index in [1.54, 1.807) is 18.1 Å². The quantitative estimate of drug-likeness (QED) is 0.731. The molecule has 0 amide bonds. The second-order valence-corrected chi connectivity index (χ2v) is 6.52. The van der Waals surface area contributed by atoms with Gasteiger partial charge < -0.3 is 15.0 Å². The van der Waals surface area contributed by atoms with Crippen LogP contribution < -0.4 is 10.2 Å². The molecule has 9 nitrogen and oxygen atoms in total. The molecule has 0 spiro atoms. The van der Waals surface area contributed by atoms with E-state index in [0.29, 0.717) is 5.82 Å². The van der Waals surface area contributed by atoms with Gasteiger partial charge in [0.15, 0.2) is 5.65 Å². The van der Waals surface area contributed by atoms with Crippen LogP contribution in [0.2, 0.25) is 0 Å². The summed E-state index contributed by atoms with van der Waals surface area (Å²) in [7, 11) is 1.76. The maximum Gasteiger partial charge on any atom is 0.176 e. The van der Waals surface area contributed by atoms with Crippen LogP contribution in [0.25, 0.3) is 5.65 Å². The van der Waals surface area contributed by atoms with Gasteiger partial charge in [-0.1, -0.05) is 0 Å². The van der Waals surface area contributed by atoms with Crippen molar-refractivity contribution in [2.45, 2.75) is 32.4 Å². The average molecular weight is 354 g/mol. The third-order valence-corrected chi connectivity index (χ3v) is 4.63. The second-order valence-electron chi connectivity index (χ2n) is 6.52. The molecule has 2 atom stereocenters. The van der Waals surface area contributed by atoms with Crippen LogP contribution in [0.5, 0.6) is 0 Å². The minimum atomic E-state index is 0.186. The van der Waals surface area contributed by atoms with E-state index in [1.165, 1.54) is 0 Å². The van der Waals surface area contributed by atoms with Gasteiger partial charge in [-0.05, 0) is 32.4 Å². The SMILES string of the molecule is CO[C@H]1C[C@@H](CNc2ccc3nc(C)nn3n2)N(c2cc(C)ncn2)C1. The van der Waals surface area contributed by atoms with Crippen molar-refractivity contribution >= 4 is 17.3 Å². The highest BCUT2D eigenvalue weighted by molar-refractivity contribution is 5.46. The lowest BCUT2D eigenvalue weighted by Gasteiger charge is -2.25. The molecule has 0 aliphatic carbocycles. The summed E-state index contributed by atoms with van der Waals surface area (Å²) in [4.78, 5) is 15.2. The minimum Gasteiger partial charge on any atom is -0.380 e. The summed E-state index contributed by atoms with van der Waals surface area (Å²) in [5.41, 5.74) is 1.70. The summed E-state index contributed by atoms with van der Waals surface area (Å²) >= 11 is 0. The summed E-state index contributed by atoms with van der Waals surface area (Å²) in [6.07, 6.45) is 2.72. The van der Waals surface area contributed by atoms with Gasteiger partial charge in [0.2, 0.25) is 0 Å². The summed E-state index contributed by atoms with van der Waals surface area (Å²) in [5.74, 6) is 2.40. The number of hydrogen-bond acceptors (Lipinski definition) is 8. The highest BCUT2D eigenvalue weighted by Crippen LogP contribution is 2.26. The maximum absolute atomic E-state index is 5.58. The molecule has 3 aromatic heterocycles. The highest BCUT2D eigenvalue weighted by atomic mass is 16.5. The Morgan fingerprint density at radius 3 is 2.92 bits per heavy atom. The number of rotatable bonds is 5. The lowest BCUT2D eigenvalue weighted by molar-refractivity contribution is 0.118. The first-order valence-electron chi connectivity index (χ1n) is 8.65. The minimum absolute atomic E-state index is 0.186. The van der Waals surface area contributed by atoms with Gasteiger partial charge in [0.05, 0.1) is 12.1 Å². The molecule has 1 aliphatic heterocycles. The summed E-state index contributed by atoms with van der Waals surface area (Å²) < 4.78 is 7.14. The van der Waals surface area contributed by atoms with E-state index in [2.05, 4.69) is 35.4 Å². The van der Waals surface area contributed by atoms with Gasteiger partial charge >= 0.3 is 0 Å². The van der Waals surface area contributed by atoms with Crippen LogP contribution in [0.4, 0.5) is 11.6 Å². The van der Waals surface area contributed by atoms with E-state index >= 15 is 0 Å². The van der Waals surface area contributed by atoms with Gasteiger partial charge in [0, 0.05) is 32.0 Å². The zero-order valence-electron chi connectivity index (χ0n) is 15.1. The average Bonchev–Trinajstić information content (AvgIpc) is 3.21. The number of nitrogens with one attached hydrogen (secondary N) is 1. The Labute approximate surface area is 151 Å². The highest BCUT2D eigenvalue weighted by Gasteiger charge is 2.33. The number of aromatic nitrogens is 6. The van der Waals surface area contributed by atoms with Crippen LogP contribution in [0, 0.1) is 13.8 Å². The van der Waals surface area contributed by atoms with E-state index in [1.807, 2.05) is 32.0 Å². The van der Waals surface area contributed by atoms with E-state index in [-0.39, 0.29) is 12.1 Å². The molecule has 1 fully saturated rings. The number of hydrogen-bond donors (Lipinski definition) is 1. The van der Waals surface area contributed by atoms with Gasteiger partial charge in [0.25, 0.3) is 0 Å².